The van der Waals surface area contributed by atoms with Crippen LogP contribution in [0.1, 0.15) is 51.9 Å². The van der Waals surface area contributed by atoms with Crippen LogP contribution < -0.4 is 5.32 Å². The molecule has 0 spiro atoms. The van der Waals surface area contributed by atoms with Gasteiger partial charge in [0, 0.05) is 13.0 Å². The van der Waals surface area contributed by atoms with Crippen LogP contribution in [0, 0.1) is 0 Å². The van der Waals surface area contributed by atoms with Gasteiger partial charge in [0.1, 0.15) is 6.61 Å². The fourth-order valence-corrected chi connectivity index (χ4v) is 2.71. The molecule has 9 nitrogen and oxygen atoms in total. The minimum absolute atomic E-state index is 0.135. The SMILES string of the molecule is CCCCCCCCC(=O)OCCOCCOCCOCCOCCOCCOCCNC. The third-order valence-electron chi connectivity index (χ3n) is 4.58. The van der Waals surface area contributed by atoms with Gasteiger partial charge in [-0.15, -0.1) is 0 Å². The van der Waals surface area contributed by atoms with Gasteiger partial charge in [-0.3, -0.25) is 4.79 Å². The highest BCUT2D eigenvalue weighted by Crippen LogP contribution is 2.07. The fourth-order valence-electron chi connectivity index (χ4n) is 2.71. The van der Waals surface area contributed by atoms with E-state index in [1.807, 2.05) is 7.05 Å². The topological polar surface area (TPSA) is 93.7 Å². The summed E-state index contributed by atoms with van der Waals surface area (Å²) in [6.07, 6.45) is 7.48. The summed E-state index contributed by atoms with van der Waals surface area (Å²) in [6.45, 7) is 9.74. The summed E-state index contributed by atoms with van der Waals surface area (Å²) in [6, 6.07) is 0. The Morgan fingerprint density at radius 3 is 1.39 bits per heavy atom. The van der Waals surface area contributed by atoms with Crippen LogP contribution in [-0.4, -0.2) is 105 Å². The van der Waals surface area contributed by atoms with Gasteiger partial charge in [-0.1, -0.05) is 39.0 Å². The zero-order valence-electron chi connectivity index (χ0n) is 21.1. The molecule has 33 heavy (non-hydrogen) atoms. The fraction of sp³-hybridized carbons (Fsp3) is 0.958. The molecule has 0 aromatic rings. The molecule has 0 rings (SSSR count). The molecule has 0 bridgehead atoms. The lowest BCUT2D eigenvalue weighted by Gasteiger charge is -2.08. The molecule has 0 saturated carbocycles. The van der Waals surface area contributed by atoms with Crippen molar-refractivity contribution in [2.24, 2.45) is 0 Å². The van der Waals surface area contributed by atoms with Crippen molar-refractivity contribution >= 4 is 5.97 Å². The van der Waals surface area contributed by atoms with E-state index in [1.165, 1.54) is 25.7 Å². The molecule has 9 heteroatoms. The monoisotopic (exact) mass is 479 g/mol. The van der Waals surface area contributed by atoms with Crippen LogP contribution in [0.4, 0.5) is 0 Å². The minimum atomic E-state index is -0.135. The Morgan fingerprint density at radius 1 is 0.545 bits per heavy atom. The molecule has 0 heterocycles. The maximum Gasteiger partial charge on any atom is 0.305 e. The quantitative estimate of drug-likeness (QED) is 0.134. The molecule has 0 saturated heterocycles. The first-order valence-corrected chi connectivity index (χ1v) is 12.6. The molecule has 0 radical (unpaired) electrons. The molecule has 198 valence electrons. The van der Waals surface area contributed by atoms with Gasteiger partial charge in [-0.25, -0.2) is 0 Å². The van der Waals surface area contributed by atoms with Gasteiger partial charge in [0.25, 0.3) is 0 Å². The predicted molar refractivity (Wildman–Crippen MR) is 128 cm³/mol. The normalized spacial score (nSPS) is 11.2. The van der Waals surface area contributed by atoms with E-state index in [1.54, 1.807) is 0 Å². The number of carbonyl (C=O) groups excluding carboxylic acids is 1. The second-order valence-corrected chi connectivity index (χ2v) is 7.52. The second-order valence-electron chi connectivity index (χ2n) is 7.52. The van der Waals surface area contributed by atoms with Crippen molar-refractivity contribution in [2.75, 3.05) is 99.5 Å². The van der Waals surface area contributed by atoms with Crippen molar-refractivity contribution in [3.63, 3.8) is 0 Å². The summed E-state index contributed by atoms with van der Waals surface area (Å²) >= 11 is 0. The van der Waals surface area contributed by atoms with Crippen molar-refractivity contribution in [1.82, 2.24) is 5.32 Å². The zero-order valence-corrected chi connectivity index (χ0v) is 21.1. The van der Waals surface area contributed by atoms with Crippen LogP contribution >= 0.6 is 0 Å². The van der Waals surface area contributed by atoms with Crippen molar-refractivity contribution in [3.8, 4) is 0 Å². The number of likely N-dealkylation sites (N-methyl/N-ethyl adjacent to an activating group) is 1. The summed E-state index contributed by atoms with van der Waals surface area (Å²) in [7, 11) is 1.89. The lowest BCUT2D eigenvalue weighted by atomic mass is 10.1. The molecule has 0 aliphatic heterocycles. The number of hydrogen-bond donors (Lipinski definition) is 1. The number of hydrogen-bond acceptors (Lipinski definition) is 9. The summed E-state index contributed by atoms with van der Waals surface area (Å²) in [4.78, 5) is 11.6. The molecule has 0 unspecified atom stereocenters. The Balaban J connectivity index is 3.09. The highest BCUT2D eigenvalue weighted by atomic mass is 16.6. The number of rotatable bonds is 28. The van der Waals surface area contributed by atoms with Gasteiger partial charge >= 0.3 is 5.97 Å². The van der Waals surface area contributed by atoms with E-state index in [9.17, 15) is 4.79 Å². The van der Waals surface area contributed by atoms with Crippen molar-refractivity contribution in [2.45, 2.75) is 51.9 Å². The van der Waals surface area contributed by atoms with Crippen LogP contribution in [0.5, 0.6) is 0 Å². The summed E-state index contributed by atoms with van der Waals surface area (Å²) in [5.74, 6) is -0.135. The van der Waals surface area contributed by atoms with E-state index < -0.39 is 0 Å². The lowest BCUT2D eigenvalue weighted by molar-refractivity contribution is -0.145. The van der Waals surface area contributed by atoms with Gasteiger partial charge in [-0.05, 0) is 13.5 Å². The van der Waals surface area contributed by atoms with Gasteiger partial charge in [0.05, 0.1) is 79.3 Å². The molecular formula is C24H49NO8. The van der Waals surface area contributed by atoms with Crippen LogP contribution in [0.25, 0.3) is 0 Å². The number of ether oxygens (including phenoxy) is 7. The summed E-state index contributed by atoms with van der Waals surface area (Å²) in [5.41, 5.74) is 0. The number of unbranched alkanes of at least 4 members (excludes halogenated alkanes) is 5. The van der Waals surface area contributed by atoms with Gasteiger partial charge in [0.15, 0.2) is 0 Å². The maximum absolute atomic E-state index is 11.6. The Kier molecular flexibility index (Phi) is 28.5. The highest BCUT2D eigenvalue weighted by molar-refractivity contribution is 5.69. The van der Waals surface area contributed by atoms with E-state index in [-0.39, 0.29) is 5.97 Å². The van der Waals surface area contributed by atoms with Gasteiger partial charge in [0.2, 0.25) is 0 Å². The average molecular weight is 480 g/mol. The molecule has 0 aliphatic rings. The molecular weight excluding hydrogens is 430 g/mol. The average Bonchev–Trinajstić information content (AvgIpc) is 2.82. The predicted octanol–water partition coefficient (Wildman–Crippen LogP) is 2.60. The molecule has 1 N–H and O–H groups in total. The highest BCUT2D eigenvalue weighted by Gasteiger charge is 2.02. The number of esters is 1. The van der Waals surface area contributed by atoms with Gasteiger partial charge in [-0.2, -0.15) is 0 Å². The Bertz CT molecular complexity index is 387. The first-order chi connectivity index (χ1) is 16.3. The van der Waals surface area contributed by atoms with Crippen molar-refractivity contribution in [3.05, 3.63) is 0 Å². The van der Waals surface area contributed by atoms with Crippen LogP contribution in [0.15, 0.2) is 0 Å². The number of carbonyl (C=O) groups is 1. The third-order valence-corrected chi connectivity index (χ3v) is 4.58. The van der Waals surface area contributed by atoms with E-state index in [0.29, 0.717) is 92.3 Å². The van der Waals surface area contributed by atoms with Crippen LogP contribution in [0.3, 0.4) is 0 Å². The van der Waals surface area contributed by atoms with E-state index in [2.05, 4.69) is 12.2 Å². The van der Waals surface area contributed by atoms with Crippen LogP contribution in [0.2, 0.25) is 0 Å². The van der Waals surface area contributed by atoms with Gasteiger partial charge < -0.3 is 38.5 Å². The third kappa shape index (κ3) is 29.2. The van der Waals surface area contributed by atoms with Crippen molar-refractivity contribution < 1.29 is 38.0 Å². The summed E-state index contributed by atoms with van der Waals surface area (Å²) in [5, 5.41) is 3.01. The van der Waals surface area contributed by atoms with E-state index in [4.69, 9.17) is 33.2 Å². The number of nitrogens with one attached hydrogen (secondary N) is 1. The first kappa shape index (κ1) is 32.2. The second kappa shape index (κ2) is 29.2. The Hall–Kier alpha value is -0.810. The molecule has 0 aliphatic carbocycles. The molecule has 0 fully saturated rings. The Labute approximate surface area is 201 Å². The molecule has 0 amide bonds. The Morgan fingerprint density at radius 2 is 0.939 bits per heavy atom. The van der Waals surface area contributed by atoms with Crippen molar-refractivity contribution in [1.29, 1.82) is 0 Å². The largest absolute Gasteiger partial charge is 0.463 e. The lowest BCUT2D eigenvalue weighted by Crippen LogP contribution is -2.17. The van der Waals surface area contributed by atoms with Crippen LogP contribution in [-0.2, 0) is 38.0 Å². The standard InChI is InChI=1S/C24H49NO8/c1-3-4-5-6-7-8-9-24(26)33-23-22-32-21-20-31-19-18-30-17-16-29-15-14-28-13-12-27-11-10-25-2/h25H,3-23H2,1-2H3. The minimum Gasteiger partial charge on any atom is -0.463 e. The first-order valence-electron chi connectivity index (χ1n) is 12.6. The molecule has 0 aromatic carbocycles. The van der Waals surface area contributed by atoms with E-state index >= 15 is 0 Å². The maximum atomic E-state index is 11.6. The molecule has 0 atom stereocenters. The van der Waals surface area contributed by atoms with E-state index in [0.717, 1.165) is 19.4 Å². The zero-order chi connectivity index (χ0) is 24.1. The smallest absolute Gasteiger partial charge is 0.305 e. The summed E-state index contributed by atoms with van der Waals surface area (Å²) < 4.78 is 37.6. The molecule has 0 aromatic heterocycles.